The van der Waals surface area contributed by atoms with Gasteiger partial charge in [-0.25, -0.2) is 9.79 Å². The van der Waals surface area contributed by atoms with Crippen LogP contribution in [0.4, 0.5) is 0 Å². The first-order valence-corrected chi connectivity index (χ1v) is 8.21. The highest BCUT2D eigenvalue weighted by molar-refractivity contribution is 5.90. The van der Waals surface area contributed by atoms with Gasteiger partial charge < -0.3 is 20.1 Å². The molecule has 0 unspecified atom stereocenters. The van der Waals surface area contributed by atoms with Crippen molar-refractivity contribution < 1.29 is 14.3 Å². The number of hydrogen-bond acceptors (Lipinski definition) is 6. The van der Waals surface area contributed by atoms with Crippen LogP contribution in [0.25, 0.3) is 0 Å². The Hall–Kier alpha value is -2.76. The molecule has 0 bridgehead atoms. The van der Waals surface area contributed by atoms with Crippen molar-refractivity contribution in [2.75, 3.05) is 13.7 Å². The number of methoxy groups -OCH3 is 1. The van der Waals surface area contributed by atoms with Crippen LogP contribution in [-0.2, 0) is 4.74 Å². The van der Waals surface area contributed by atoms with Crippen LogP contribution in [0, 0.1) is 5.92 Å². The zero-order valence-electron chi connectivity index (χ0n) is 14.7. The van der Waals surface area contributed by atoms with Gasteiger partial charge in [-0.05, 0) is 38.1 Å². The number of esters is 1. The fourth-order valence-electron chi connectivity index (χ4n) is 3.24. The normalized spacial score (nSPS) is 23.4. The lowest BCUT2D eigenvalue weighted by atomic mass is 9.77. The molecule has 0 radical (unpaired) electrons. The number of nitrogens with zero attached hydrogens (tertiary/aromatic N) is 1. The van der Waals surface area contributed by atoms with E-state index in [1.54, 1.807) is 24.4 Å². The van der Waals surface area contributed by atoms with Crippen LogP contribution in [0.2, 0.25) is 0 Å². The Labute approximate surface area is 147 Å². The molecule has 3 rings (SSSR count). The summed E-state index contributed by atoms with van der Waals surface area (Å²) >= 11 is 0. The summed E-state index contributed by atoms with van der Waals surface area (Å²) in [5, 5.41) is 6.56. The molecule has 0 fully saturated rings. The molecule has 6 heteroatoms. The van der Waals surface area contributed by atoms with Gasteiger partial charge in [0.1, 0.15) is 5.75 Å². The van der Waals surface area contributed by atoms with E-state index in [2.05, 4.69) is 31.1 Å². The molecule has 0 spiro atoms. The first-order chi connectivity index (χ1) is 12.0. The van der Waals surface area contributed by atoms with Crippen molar-refractivity contribution in [1.29, 1.82) is 0 Å². The molecule has 1 aromatic rings. The summed E-state index contributed by atoms with van der Waals surface area (Å²) in [6.45, 7) is 8.46. The van der Waals surface area contributed by atoms with E-state index in [1.165, 1.54) is 7.11 Å². The van der Waals surface area contributed by atoms with Gasteiger partial charge in [-0.1, -0.05) is 12.7 Å². The maximum absolute atomic E-state index is 11.9. The summed E-state index contributed by atoms with van der Waals surface area (Å²) in [6, 6.07) is 5.24. The molecule has 2 heterocycles. The van der Waals surface area contributed by atoms with E-state index in [0.717, 1.165) is 11.3 Å². The van der Waals surface area contributed by atoms with Gasteiger partial charge in [0.25, 0.3) is 0 Å². The molecule has 0 amide bonds. The maximum atomic E-state index is 11.9. The van der Waals surface area contributed by atoms with Gasteiger partial charge in [-0.3, -0.25) is 0 Å². The first-order valence-electron chi connectivity index (χ1n) is 8.21. The predicted octanol–water partition coefficient (Wildman–Crippen LogP) is 2.55. The molecule has 2 aliphatic heterocycles. The largest absolute Gasteiger partial charge is 0.493 e. The number of fused-ring (bicyclic) bond motifs is 3. The van der Waals surface area contributed by atoms with Gasteiger partial charge in [0.2, 0.25) is 0 Å². The molecule has 0 aliphatic carbocycles. The second-order valence-corrected chi connectivity index (χ2v) is 6.67. The van der Waals surface area contributed by atoms with Gasteiger partial charge >= 0.3 is 5.97 Å². The van der Waals surface area contributed by atoms with Crippen molar-refractivity contribution in [3.8, 4) is 5.75 Å². The number of allylic oxidation sites excluding steroid dienone is 2. The number of benzene rings is 1. The lowest BCUT2D eigenvalue weighted by molar-refractivity contribution is 0.0600. The smallest absolute Gasteiger partial charge is 0.337 e. The lowest BCUT2D eigenvalue weighted by Crippen LogP contribution is -2.59. The molecule has 2 N–H and O–H groups in total. The standard InChI is InChI=1S/C19H23N3O3/c1-5-6-9-20-18-21-16-13-10-12(17(23)24-4)7-8-15(13)25-11-14(16)19(2,3)22-18/h5-10,14,16H,1,11H2,2-4H3,(H2,20,21,22)/b9-6-/t14-,16-/m0/s1. The molecule has 6 nitrogen and oxygen atoms in total. The van der Waals surface area contributed by atoms with Gasteiger partial charge in [0.15, 0.2) is 5.96 Å². The Morgan fingerprint density at radius 1 is 1.52 bits per heavy atom. The topological polar surface area (TPSA) is 72.0 Å². The lowest BCUT2D eigenvalue weighted by Gasteiger charge is -2.45. The van der Waals surface area contributed by atoms with Gasteiger partial charge in [-0.2, -0.15) is 0 Å². The minimum atomic E-state index is -0.366. The number of guanidine groups is 1. The van der Waals surface area contributed by atoms with Crippen molar-refractivity contribution in [2.24, 2.45) is 10.9 Å². The molecule has 0 saturated carbocycles. The van der Waals surface area contributed by atoms with Crippen molar-refractivity contribution in [3.05, 3.63) is 54.3 Å². The second-order valence-electron chi connectivity index (χ2n) is 6.67. The zero-order valence-corrected chi connectivity index (χ0v) is 14.7. The molecular formula is C19H23N3O3. The minimum Gasteiger partial charge on any atom is -0.493 e. The average Bonchev–Trinajstić information content (AvgIpc) is 2.60. The Morgan fingerprint density at radius 3 is 3.04 bits per heavy atom. The molecule has 25 heavy (non-hydrogen) atoms. The Balaban J connectivity index is 2.01. The van der Waals surface area contributed by atoms with Crippen LogP contribution < -0.4 is 15.4 Å². The summed E-state index contributed by atoms with van der Waals surface area (Å²) in [7, 11) is 1.38. The highest BCUT2D eigenvalue weighted by atomic mass is 16.5. The second kappa shape index (κ2) is 6.63. The summed E-state index contributed by atoms with van der Waals surface area (Å²) < 4.78 is 10.8. The molecule has 2 aliphatic rings. The van der Waals surface area contributed by atoms with E-state index < -0.39 is 0 Å². The van der Waals surface area contributed by atoms with E-state index in [0.29, 0.717) is 18.1 Å². The number of hydrogen-bond donors (Lipinski definition) is 2. The summed E-state index contributed by atoms with van der Waals surface area (Å²) in [4.78, 5) is 16.7. The molecule has 2 atom stereocenters. The summed E-state index contributed by atoms with van der Waals surface area (Å²) in [5.74, 6) is 1.22. The van der Waals surface area contributed by atoms with Crippen LogP contribution in [0.15, 0.2) is 48.1 Å². The van der Waals surface area contributed by atoms with Gasteiger partial charge in [-0.15, -0.1) is 0 Å². The molecule has 132 valence electrons. The van der Waals surface area contributed by atoms with Crippen LogP contribution in [-0.4, -0.2) is 31.2 Å². The van der Waals surface area contributed by atoms with Crippen LogP contribution >= 0.6 is 0 Å². The SMILES string of the molecule is C=C/C=C\NC1=N[C@H]2c3cc(C(=O)OC)ccc3OC[C@@H]2C(C)(C)N1. The zero-order chi connectivity index (χ0) is 18.0. The van der Waals surface area contributed by atoms with Gasteiger partial charge in [0, 0.05) is 23.2 Å². The Bertz CT molecular complexity index is 752. The number of ether oxygens (including phenoxy) is 2. The Kier molecular flexibility index (Phi) is 4.53. The monoisotopic (exact) mass is 341 g/mol. The number of rotatable bonds is 3. The van der Waals surface area contributed by atoms with Crippen molar-refractivity contribution in [1.82, 2.24) is 10.6 Å². The van der Waals surface area contributed by atoms with Crippen molar-refractivity contribution in [2.45, 2.75) is 25.4 Å². The fourth-order valence-corrected chi connectivity index (χ4v) is 3.24. The van der Waals surface area contributed by atoms with Crippen molar-refractivity contribution in [3.63, 3.8) is 0 Å². The van der Waals surface area contributed by atoms with E-state index in [-0.39, 0.29) is 23.5 Å². The third-order valence-electron chi connectivity index (χ3n) is 4.64. The first kappa shape index (κ1) is 17.1. The Morgan fingerprint density at radius 2 is 2.32 bits per heavy atom. The number of carbonyl (C=O) groups is 1. The number of carbonyl (C=O) groups excluding carboxylic acids is 1. The predicted molar refractivity (Wildman–Crippen MR) is 96.6 cm³/mol. The van der Waals surface area contributed by atoms with Crippen molar-refractivity contribution >= 4 is 11.9 Å². The van der Waals surface area contributed by atoms with E-state index in [1.807, 2.05) is 12.1 Å². The van der Waals surface area contributed by atoms with Crippen LogP contribution in [0.1, 0.15) is 35.8 Å². The molecule has 1 aromatic carbocycles. The van der Waals surface area contributed by atoms with E-state index in [4.69, 9.17) is 14.5 Å². The molecule has 0 saturated heterocycles. The van der Waals surface area contributed by atoms with Gasteiger partial charge in [0.05, 0.1) is 25.3 Å². The highest BCUT2D eigenvalue weighted by Gasteiger charge is 2.44. The third kappa shape index (κ3) is 3.24. The number of aliphatic imine (C=N–C) groups is 1. The minimum absolute atomic E-state index is 0.107. The van der Waals surface area contributed by atoms with E-state index in [9.17, 15) is 4.79 Å². The fraction of sp³-hybridized carbons (Fsp3) is 0.368. The molecular weight excluding hydrogens is 318 g/mol. The highest BCUT2D eigenvalue weighted by Crippen LogP contribution is 2.44. The summed E-state index contributed by atoms with van der Waals surface area (Å²) in [5.41, 5.74) is 1.18. The average molecular weight is 341 g/mol. The maximum Gasteiger partial charge on any atom is 0.337 e. The van der Waals surface area contributed by atoms with Crippen LogP contribution in [0.5, 0.6) is 5.75 Å². The van der Waals surface area contributed by atoms with Crippen LogP contribution in [0.3, 0.4) is 0 Å². The summed E-state index contributed by atoms with van der Waals surface area (Å²) in [6.07, 6.45) is 5.27. The third-order valence-corrected chi connectivity index (χ3v) is 4.64. The number of nitrogens with one attached hydrogen (secondary N) is 2. The molecule has 0 aromatic heterocycles. The quantitative estimate of drug-likeness (QED) is 0.653. The van der Waals surface area contributed by atoms with E-state index >= 15 is 0 Å².